The van der Waals surface area contributed by atoms with Crippen molar-refractivity contribution in [2.45, 2.75) is 47.0 Å². The van der Waals surface area contributed by atoms with E-state index in [0.29, 0.717) is 5.41 Å². The zero-order chi connectivity index (χ0) is 11.7. The van der Waals surface area contributed by atoms with Gasteiger partial charge in [0.25, 0.3) is 0 Å². The van der Waals surface area contributed by atoms with E-state index in [9.17, 15) is 0 Å². The molecule has 15 heavy (non-hydrogen) atoms. The minimum absolute atomic E-state index is 0.349. The summed E-state index contributed by atoms with van der Waals surface area (Å²) in [5.41, 5.74) is 0.349. The summed E-state index contributed by atoms with van der Waals surface area (Å²) < 4.78 is 5.12. The predicted octanol–water partition coefficient (Wildman–Crippen LogP) is 3.07. The van der Waals surface area contributed by atoms with Crippen molar-refractivity contribution in [3.63, 3.8) is 0 Å². The summed E-state index contributed by atoms with van der Waals surface area (Å²) in [5, 5.41) is 3.56. The number of hydrogen-bond acceptors (Lipinski definition) is 2. The molecule has 0 aromatic carbocycles. The Hall–Kier alpha value is -0.0800. The van der Waals surface area contributed by atoms with Gasteiger partial charge in [-0.25, -0.2) is 0 Å². The van der Waals surface area contributed by atoms with E-state index < -0.39 is 0 Å². The predicted molar refractivity (Wildman–Crippen MR) is 67.2 cm³/mol. The van der Waals surface area contributed by atoms with E-state index >= 15 is 0 Å². The highest BCUT2D eigenvalue weighted by atomic mass is 16.5. The van der Waals surface area contributed by atoms with Crippen LogP contribution in [-0.2, 0) is 4.74 Å². The van der Waals surface area contributed by atoms with Gasteiger partial charge in [0.05, 0.1) is 0 Å². The van der Waals surface area contributed by atoms with Gasteiger partial charge in [0.2, 0.25) is 0 Å². The Kier molecular flexibility index (Phi) is 8.07. The summed E-state index contributed by atoms with van der Waals surface area (Å²) in [6.45, 7) is 12.2. The second kappa shape index (κ2) is 8.12. The maximum atomic E-state index is 5.12. The van der Waals surface area contributed by atoms with Gasteiger partial charge in [-0.2, -0.15) is 0 Å². The normalized spacial score (nSPS) is 14.2. The minimum Gasteiger partial charge on any atom is -0.385 e. The van der Waals surface area contributed by atoms with Gasteiger partial charge in [-0.3, -0.25) is 0 Å². The Morgan fingerprint density at radius 1 is 1.33 bits per heavy atom. The van der Waals surface area contributed by atoms with Crippen LogP contribution in [0.15, 0.2) is 0 Å². The van der Waals surface area contributed by atoms with E-state index in [4.69, 9.17) is 4.74 Å². The molecule has 0 aromatic rings. The zero-order valence-electron chi connectivity index (χ0n) is 11.2. The summed E-state index contributed by atoms with van der Waals surface area (Å²) in [6, 6.07) is 0. The summed E-state index contributed by atoms with van der Waals surface area (Å²) >= 11 is 0. The highest BCUT2D eigenvalue weighted by molar-refractivity contribution is 4.72. The third-order valence-corrected chi connectivity index (χ3v) is 2.86. The average Bonchev–Trinajstić information content (AvgIpc) is 2.15. The van der Waals surface area contributed by atoms with Crippen LogP contribution in [0.3, 0.4) is 0 Å². The highest BCUT2D eigenvalue weighted by Gasteiger charge is 2.16. The molecule has 0 saturated heterocycles. The van der Waals surface area contributed by atoms with Crippen molar-refractivity contribution in [2.24, 2.45) is 11.3 Å². The van der Waals surface area contributed by atoms with Gasteiger partial charge in [-0.15, -0.1) is 0 Å². The molecular formula is C13H29NO. The van der Waals surface area contributed by atoms with E-state index in [1.54, 1.807) is 7.11 Å². The van der Waals surface area contributed by atoms with Gasteiger partial charge in [0, 0.05) is 20.3 Å². The molecule has 1 atom stereocenters. The third kappa shape index (κ3) is 8.88. The Balaban J connectivity index is 3.55. The van der Waals surface area contributed by atoms with Crippen LogP contribution < -0.4 is 5.32 Å². The number of rotatable bonds is 9. The van der Waals surface area contributed by atoms with Gasteiger partial charge in [-0.05, 0) is 30.7 Å². The van der Waals surface area contributed by atoms with E-state index in [1.807, 2.05) is 0 Å². The maximum absolute atomic E-state index is 5.12. The first-order chi connectivity index (χ1) is 7.02. The first kappa shape index (κ1) is 14.9. The molecule has 0 heterocycles. The van der Waals surface area contributed by atoms with Crippen molar-refractivity contribution in [2.75, 3.05) is 26.8 Å². The van der Waals surface area contributed by atoms with Crippen LogP contribution in [0.5, 0.6) is 0 Å². The SMILES string of the molecule is CCCC(C)CNCC(C)(C)CCOC. The molecule has 0 rings (SSSR count). The van der Waals surface area contributed by atoms with Crippen LogP contribution in [0.2, 0.25) is 0 Å². The second-order valence-corrected chi connectivity index (χ2v) is 5.43. The molecule has 0 radical (unpaired) electrons. The van der Waals surface area contributed by atoms with Crippen molar-refractivity contribution in [3.8, 4) is 0 Å². The van der Waals surface area contributed by atoms with E-state index in [-0.39, 0.29) is 0 Å². The van der Waals surface area contributed by atoms with Gasteiger partial charge < -0.3 is 10.1 Å². The van der Waals surface area contributed by atoms with Crippen molar-refractivity contribution in [1.82, 2.24) is 5.32 Å². The molecule has 0 amide bonds. The van der Waals surface area contributed by atoms with Gasteiger partial charge >= 0.3 is 0 Å². The van der Waals surface area contributed by atoms with E-state index in [1.165, 1.54) is 12.8 Å². The lowest BCUT2D eigenvalue weighted by Crippen LogP contribution is -2.33. The molecule has 0 fully saturated rings. The first-order valence-electron chi connectivity index (χ1n) is 6.21. The van der Waals surface area contributed by atoms with Crippen LogP contribution in [0.1, 0.15) is 47.0 Å². The van der Waals surface area contributed by atoms with Crippen molar-refractivity contribution in [1.29, 1.82) is 0 Å². The molecule has 0 aliphatic heterocycles. The van der Waals surface area contributed by atoms with Crippen LogP contribution in [0.4, 0.5) is 0 Å². The maximum Gasteiger partial charge on any atom is 0.0467 e. The van der Waals surface area contributed by atoms with Crippen LogP contribution in [0, 0.1) is 11.3 Å². The number of hydrogen-bond donors (Lipinski definition) is 1. The molecule has 0 aliphatic carbocycles. The van der Waals surface area contributed by atoms with Crippen LogP contribution >= 0.6 is 0 Å². The number of nitrogens with one attached hydrogen (secondary N) is 1. The molecule has 2 nitrogen and oxygen atoms in total. The molecular weight excluding hydrogens is 186 g/mol. The van der Waals surface area contributed by atoms with Crippen molar-refractivity contribution < 1.29 is 4.74 Å². The van der Waals surface area contributed by atoms with Crippen LogP contribution in [-0.4, -0.2) is 26.8 Å². The summed E-state index contributed by atoms with van der Waals surface area (Å²) in [5.74, 6) is 0.799. The van der Waals surface area contributed by atoms with Crippen LogP contribution in [0.25, 0.3) is 0 Å². The topological polar surface area (TPSA) is 21.3 Å². The summed E-state index contributed by atoms with van der Waals surface area (Å²) in [6.07, 6.45) is 3.74. The molecule has 0 aromatic heterocycles. The smallest absolute Gasteiger partial charge is 0.0467 e. The summed E-state index contributed by atoms with van der Waals surface area (Å²) in [7, 11) is 1.77. The molecule has 1 N–H and O–H groups in total. The Bertz CT molecular complexity index is 145. The van der Waals surface area contributed by atoms with Gasteiger partial charge in [-0.1, -0.05) is 34.1 Å². The fourth-order valence-electron chi connectivity index (χ4n) is 1.72. The standard InChI is InChI=1S/C13H29NO/c1-6-7-12(2)10-14-11-13(3,4)8-9-15-5/h12,14H,6-11H2,1-5H3. The number of methoxy groups -OCH3 is 1. The minimum atomic E-state index is 0.349. The molecule has 92 valence electrons. The molecule has 0 aliphatic rings. The Morgan fingerprint density at radius 3 is 2.53 bits per heavy atom. The first-order valence-corrected chi connectivity index (χ1v) is 6.21. The average molecular weight is 215 g/mol. The molecule has 1 unspecified atom stereocenters. The molecule has 0 bridgehead atoms. The zero-order valence-corrected chi connectivity index (χ0v) is 11.2. The summed E-state index contributed by atoms with van der Waals surface area (Å²) in [4.78, 5) is 0. The fraction of sp³-hybridized carbons (Fsp3) is 1.00. The monoisotopic (exact) mass is 215 g/mol. The van der Waals surface area contributed by atoms with Crippen molar-refractivity contribution >= 4 is 0 Å². The lowest BCUT2D eigenvalue weighted by Gasteiger charge is -2.25. The van der Waals surface area contributed by atoms with Gasteiger partial charge in [0.1, 0.15) is 0 Å². The Labute approximate surface area is 95.8 Å². The highest BCUT2D eigenvalue weighted by Crippen LogP contribution is 2.18. The molecule has 2 heteroatoms. The molecule has 0 saturated carbocycles. The second-order valence-electron chi connectivity index (χ2n) is 5.43. The quantitative estimate of drug-likeness (QED) is 0.638. The largest absolute Gasteiger partial charge is 0.385 e. The lowest BCUT2D eigenvalue weighted by molar-refractivity contribution is 0.150. The van der Waals surface area contributed by atoms with Crippen molar-refractivity contribution in [3.05, 3.63) is 0 Å². The van der Waals surface area contributed by atoms with E-state index in [2.05, 4.69) is 33.0 Å². The molecule has 0 spiro atoms. The van der Waals surface area contributed by atoms with E-state index in [0.717, 1.165) is 32.0 Å². The fourth-order valence-corrected chi connectivity index (χ4v) is 1.72. The number of ether oxygens (including phenoxy) is 1. The Morgan fingerprint density at radius 2 is 2.00 bits per heavy atom. The lowest BCUT2D eigenvalue weighted by atomic mass is 9.89. The third-order valence-electron chi connectivity index (χ3n) is 2.86. The van der Waals surface area contributed by atoms with Gasteiger partial charge in [0.15, 0.2) is 0 Å².